The molecule has 0 aliphatic carbocycles. The number of nitrogen functional groups attached to an aromatic ring is 1. The first kappa shape index (κ1) is 14.7. The summed E-state index contributed by atoms with van der Waals surface area (Å²) in [4.78, 5) is 3.84. The van der Waals surface area contributed by atoms with E-state index in [4.69, 9.17) is 5.73 Å². The van der Waals surface area contributed by atoms with Crippen LogP contribution in [0.25, 0.3) is 0 Å². The summed E-state index contributed by atoms with van der Waals surface area (Å²) in [6.07, 6.45) is -5.30. The molecule has 0 bridgehead atoms. The molecule has 4 N–H and O–H groups in total. The highest BCUT2D eigenvalue weighted by atomic mass is 32.2. The van der Waals surface area contributed by atoms with Crippen molar-refractivity contribution in [1.82, 2.24) is 15.2 Å². The molecule has 0 fully saturated rings. The quantitative estimate of drug-likeness (QED) is 0.754. The van der Waals surface area contributed by atoms with Gasteiger partial charge in [-0.3, -0.25) is 0 Å². The van der Waals surface area contributed by atoms with Crippen molar-refractivity contribution >= 4 is 17.7 Å². The van der Waals surface area contributed by atoms with Crippen LogP contribution in [0.5, 0.6) is 0 Å². The fourth-order valence-corrected chi connectivity index (χ4v) is 2.24. The number of aliphatic hydroxyl groups is 1. The van der Waals surface area contributed by atoms with Gasteiger partial charge in [0.25, 0.3) is 0 Å². The molecule has 2 aromatic rings. The second-order valence-corrected chi connectivity index (χ2v) is 4.94. The number of aromatic nitrogens is 3. The number of aliphatic hydroxyl groups excluding tert-OH is 1. The van der Waals surface area contributed by atoms with E-state index < -0.39 is 17.8 Å². The number of hydrogen-bond donors (Lipinski definition) is 3. The van der Waals surface area contributed by atoms with Gasteiger partial charge in [0, 0.05) is 5.75 Å². The van der Waals surface area contributed by atoms with Gasteiger partial charge in [-0.1, -0.05) is 23.9 Å². The lowest BCUT2D eigenvalue weighted by Crippen LogP contribution is -2.06. The summed E-state index contributed by atoms with van der Waals surface area (Å²) in [6.45, 7) is 0. The van der Waals surface area contributed by atoms with Gasteiger partial charge in [0.1, 0.15) is 0 Å². The number of thioether (sulfide) groups is 1. The normalized spacial score (nSPS) is 13.4. The summed E-state index contributed by atoms with van der Waals surface area (Å²) in [5.41, 5.74) is 4.99. The van der Waals surface area contributed by atoms with E-state index in [-0.39, 0.29) is 11.7 Å². The molecule has 9 heteroatoms. The number of anilines is 1. The minimum atomic E-state index is -4.38. The lowest BCUT2D eigenvalue weighted by molar-refractivity contribution is -0.137. The molecule has 0 saturated carbocycles. The van der Waals surface area contributed by atoms with Crippen LogP contribution in [0.15, 0.2) is 29.4 Å². The van der Waals surface area contributed by atoms with Gasteiger partial charge in [0.15, 0.2) is 0 Å². The number of alkyl halides is 3. The summed E-state index contributed by atoms with van der Waals surface area (Å²) >= 11 is 1.15. The molecule has 0 spiro atoms. The Kier molecular flexibility index (Phi) is 4.19. The number of hydrogen-bond acceptors (Lipinski definition) is 5. The number of nitrogens with one attached hydrogen (secondary N) is 1. The Bertz CT molecular complexity index is 570. The van der Waals surface area contributed by atoms with Crippen molar-refractivity contribution in [2.24, 2.45) is 0 Å². The minimum absolute atomic E-state index is 0.163. The average Bonchev–Trinajstić information content (AvgIpc) is 2.81. The van der Waals surface area contributed by atoms with E-state index in [9.17, 15) is 18.3 Å². The fraction of sp³-hybridized carbons (Fsp3) is 0.273. The van der Waals surface area contributed by atoms with Crippen LogP contribution in [0.2, 0.25) is 0 Å². The number of H-pyrrole nitrogens is 1. The number of halogens is 3. The number of nitrogens with two attached hydrogens (primary N) is 1. The van der Waals surface area contributed by atoms with Crippen molar-refractivity contribution in [2.75, 3.05) is 11.5 Å². The first-order valence-corrected chi connectivity index (χ1v) is 6.50. The second kappa shape index (κ2) is 5.71. The highest BCUT2D eigenvalue weighted by Crippen LogP contribution is 2.30. The SMILES string of the molecule is Nc1nc(SC[C@@H](O)c2ccc(C(F)(F)F)cc2)n[nH]1. The van der Waals surface area contributed by atoms with Crippen LogP contribution in [0.3, 0.4) is 0 Å². The van der Waals surface area contributed by atoms with Crippen molar-refractivity contribution < 1.29 is 18.3 Å². The zero-order valence-electron chi connectivity index (χ0n) is 10.1. The van der Waals surface area contributed by atoms with E-state index >= 15 is 0 Å². The third-order valence-electron chi connectivity index (χ3n) is 2.48. The Morgan fingerprint density at radius 2 is 1.95 bits per heavy atom. The Labute approximate surface area is 116 Å². The first-order valence-electron chi connectivity index (χ1n) is 5.52. The Morgan fingerprint density at radius 3 is 2.45 bits per heavy atom. The van der Waals surface area contributed by atoms with Gasteiger partial charge in [-0.25, -0.2) is 5.10 Å². The predicted molar refractivity (Wildman–Crippen MR) is 67.9 cm³/mol. The molecule has 0 amide bonds. The lowest BCUT2D eigenvalue weighted by Gasteiger charge is -2.11. The largest absolute Gasteiger partial charge is 0.416 e. The van der Waals surface area contributed by atoms with E-state index in [1.165, 1.54) is 12.1 Å². The predicted octanol–water partition coefficient (Wildman–Crippen LogP) is 2.23. The molecule has 0 saturated heterocycles. The van der Waals surface area contributed by atoms with Gasteiger partial charge in [0.2, 0.25) is 11.1 Å². The highest BCUT2D eigenvalue weighted by molar-refractivity contribution is 7.99. The summed E-state index contributed by atoms with van der Waals surface area (Å²) in [5.74, 6) is 0.374. The standard InChI is InChI=1S/C11H11F3N4OS/c12-11(13,14)7-3-1-6(2-4-7)8(19)5-20-10-16-9(15)17-18-10/h1-4,8,19H,5H2,(H3,15,16,17,18)/t8-/m1/s1. The molecule has 0 unspecified atom stereocenters. The van der Waals surface area contributed by atoms with Crippen LogP contribution < -0.4 is 5.73 Å². The summed E-state index contributed by atoms with van der Waals surface area (Å²) in [6, 6.07) is 4.38. The highest BCUT2D eigenvalue weighted by Gasteiger charge is 2.30. The van der Waals surface area contributed by atoms with Crippen LogP contribution in [0, 0.1) is 0 Å². The van der Waals surface area contributed by atoms with Gasteiger partial charge in [-0.15, -0.1) is 5.10 Å². The van der Waals surface area contributed by atoms with Crippen LogP contribution in [0.4, 0.5) is 19.1 Å². The molecule has 0 aliphatic heterocycles. The molecular weight excluding hydrogens is 293 g/mol. The van der Waals surface area contributed by atoms with E-state index in [0.29, 0.717) is 10.7 Å². The smallest absolute Gasteiger partial charge is 0.388 e. The zero-order chi connectivity index (χ0) is 14.8. The van der Waals surface area contributed by atoms with E-state index in [0.717, 1.165) is 23.9 Å². The van der Waals surface area contributed by atoms with Crippen molar-refractivity contribution in [3.8, 4) is 0 Å². The van der Waals surface area contributed by atoms with Gasteiger partial charge >= 0.3 is 6.18 Å². The third-order valence-corrected chi connectivity index (χ3v) is 3.40. The second-order valence-electron chi connectivity index (χ2n) is 3.95. The summed E-state index contributed by atoms with van der Waals surface area (Å²) in [7, 11) is 0. The lowest BCUT2D eigenvalue weighted by atomic mass is 10.1. The third kappa shape index (κ3) is 3.64. The first-order chi connectivity index (χ1) is 9.36. The maximum atomic E-state index is 12.4. The topological polar surface area (TPSA) is 87.8 Å². The Balaban J connectivity index is 1.97. The maximum Gasteiger partial charge on any atom is 0.416 e. The van der Waals surface area contributed by atoms with E-state index in [1.807, 2.05) is 0 Å². The molecule has 2 rings (SSSR count). The molecular formula is C11H11F3N4OS. The molecule has 1 heterocycles. The van der Waals surface area contributed by atoms with E-state index in [2.05, 4.69) is 15.2 Å². The molecule has 1 aromatic carbocycles. The van der Waals surface area contributed by atoms with Gasteiger partial charge in [-0.05, 0) is 17.7 Å². The van der Waals surface area contributed by atoms with Crippen molar-refractivity contribution in [1.29, 1.82) is 0 Å². The van der Waals surface area contributed by atoms with Crippen molar-refractivity contribution in [2.45, 2.75) is 17.4 Å². The molecule has 0 radical (unpaired) electrons. The Morgan fingerprint density at radius 1 is 1.30 bits per heavy atom. The van der Waals surface area contributed by atoms with Gasteiger partial charge in [0.05, 0.1) is 11.7 Å². The molecule has 0 aliphatic rings. The zero-order valence-corrected chi connectivity index (χ0v) is 10.9. The monoisotopic (exact) mass is 304 g/mol. The van der Waals surface area contributed by atoms with Crippen LogP contribution >= 0.6 is 11.8 Å². The number of aromatic amines is 1. The molecule has 108 valence electrons. The number of rotatable bonds is 4. The van der Waals surface area contributed by atoms with Crippen molar-refractivity contribution in [3.63, 3.8) is 0 Å². The van der Waals surface area contributed by atoms with E-state index in [1.54, 1.807) is 0 Å². The number of nitrogens with zero attached hydrogens (tertiary/aromatic N) is 2. The minimum Gasteiger partial charge on any atom is -0.388 e. The number of benzene rings is 1. The molecule has 20 heavy (non-hydrogen) atoms. The molecule has 5 nitrogen and oxygen atoms in total. The van der Waals surface area contributed by atoms with Crippen LogP contribution in [-0.4, -0.2) is 26.0 Å². The average molecular weight is 304 g/mol. The Hall–Kier alpha value is -1.74. The molecule has 1 atom stereocenters. The summed E-state index contributed by atoms with van der Waals surface area (Å²) in [5, 5.41) is 16.5. The van der Waals surface area contributed by atoms with Crippen LogP contribution in [0.1, 0.15) is 17.2 Å². The molecule has 1 aromatic heterocycles. The fourth-order valence-electron chi connectivity index (χ4n) is 1.47. The summed E-state index contributed by atoms with van der Waals surface area (Å²) < 4.78 is 37.2. The van der Waals surface area contributed by atoms with Crippen molar-refractivity contribution in [3.05, 3.63) is 35.4 Å². The maximum absolute atomic E-state index is 12.4. The van der Waals surface area contributed by atoms with Gasteiger partial charge in [-0.2, -0.15) is 18.2 Å². The van der Waals surface area contributed by atoms with Crippen LogP contribution in [-0.2, 0) is 6.18 Å². The van der Waals surface area contributed by atoms with Gasteiger partial charge < -0.3 is 10.8 Å².